The number of nitrogens with zero attached hydrogens (tertiary/aromatic N) is 1. The Balaban J connectivity index is 2.00. The summed E-state index contributed by atoms with van der Waals surface area (Å²) >= 11 is 0. The third-order valence-electron chi connectivity index (χ3n) is 3.57. The number of benzene rings is 1. The van der Waals surface area contributed by atoms with Crippen molar-refractivity contribution in [2.45, 2.75) is 32.2 Å². The first-order valence-corrected chi connectivity index (χ1v) is 6.96. The van der Waals surface area contributed by atoms with Crippen LogP contribution in [0.5, 0.6) is 0 Å². The van der Waals surface area contributed by atoms with Crippen LogP contribution in [0.1, 0.15) is 36.5 Å². The highest BCUT2D eigenvalue weighted by atomic mass is 16.4. The number of carbonyl (C=O) groups excluding carboxylic acids is 1. The molecule has 2 rings (SSSR count). The van der Waals surface area contributed by atoms with Crippen LogP contribution < -0.4 is 10.2 Å². The van der Waals surface area contributed by atoms with Crippen LogP contribution in [0.4, 0.5) is 5.69 Å². The van der Waals surface area contributed by atoms with Gasteiger partial charge in [-0.2, -0.15) is 0 Å². The first-order valence-electron chi connectivity index (χ1n) is 6.96. The van der Waals surface area contributed by atoms with Gasteiger partial charge >= 0.3 is 5.97 Å². The van der Waals surface area contributed by atoms with Gasteiger partial charge in [0.15, 0.2) is 0 Å². The summed E-state index contributed by atoms with van der Waals surface area (Å²) in [5.74, 6) is -1.40. The summed E-state index contributed by atoms with van der Waals surface area (Å²) < 4.78 is 0. The van der Waals surface area contributed by atoms with E-state index in [1.54, 1.807) is 12.1 Å². The molecule has 1 aromatic rings. The Morgan fingerprint density at radius 2 is 1.75 bits per heavy atom. The zero-order valence-corrected chi connectivity index (χ0v) is 11.6. The molecule has 5 nitrogen and oxygen atoms in total. The fourth-order valence-electron chi connectivity index (χ4n) is 2.32. The molecule has 0 aliphatic carbocycles. The van der Waals surface area contributed by atoms with E-state index in [2.05, 4.69) is 10.2 Å². The van der Waals surface area contributed by atoms with Crippen molar-refractivity contribution in [1.82, 2.24) is 5.32 Å². The minimum absolute atomic E-state index is 0.356. The maximum atomic E-state index is 11.9. The first-order chi connectivity index (χ1) is 9.58. The van der Waals surface area contributed by atoms with Crippen molar-refractivity contribution in [3.63, 3.8) is 0 Å². The minimum Gasteiger partial charge on any atom is -0.480 e. The van der Waals surface area contributed by atoms with Gasteiger partial charge in [-0.15, -0.1) is 0 Å². The number of hydrogen-bond donors (Lipinski definition) is 2. The van der Waals surface area contributed by atoms with Crippen LogP contribution in [0.15, 0.2) is 24.3 Å². The summed E-state index contributed by atoms with van der Waals surface area (Å²) in [4.78, 5) is 24.9. The lowest BCUT2D eigenvalue weighted by atomic mass is 10.1. The molecule has 108 valence electrons. The Bertz CT molecular complexity index is 478. The number of rotatable bonds is 4. The van der Waals surface area contributed by atoms with Gasteiger partial charge < -0.3 is 15.3 Å². The molecule has 1 aliphatic rings. The molecule has 0 aromatic heterocycles. The first kappa shape index (κ1) is 14.4. The largest absolute Gasteiger partial charge is 0.480 e. The van der Waals surface area contributed by atoms with Crippen LogP contribution in [-0.4, -0.2) is 36.1 Å². The molecule has 1 amide bonds. The van der Waals surface area contributed by atoms with Crippen molar-refractivity contribution in [2.24, 2.45) is 0 Å². The van der Waals surface area contributed by atoms with Crippen LogP contribution in [-0.2, 0) is 4.79 Å². The molecular formula is C15H20N2O3. The summed E-state index contributed by atoms with van der Waals surface area (Å²) in [5.41, 5.74) is 1.60. The van der Waals surface area contributed by atoms with Crippen LogP contribution >= 0.6 is 0 Å². The number of carbonyl (C=O) groups is 2. The van der Waals surface area contributed by atoms with E-state index in [0.29, 0.717) is 5.56 Å². The molecular weight excluding hydrogens is 256 g/mol. The number of amides is 1. The number of carboxylic acid groups (broad SMARTS) is 1. The van der Waals surface area contributed by atoms with E-state index in [1.807, 2.05) is 12.1 Å². The zero-order valence-electron chi connectivity index (χ0n) is 11.6. The summed E-state index contributed by atoms with van der Waals surface area (Å²) in [6, 6.07) is 6.45. The van der Waals surface area contributed by atoms with Crippen molar-refractivity contribution in [1.29, 1.82) is 0 Å². The monoisotopic (exact) mass is 276 g/mol. The van der Waals surface area contributed by atoms with Gasteiger partial charge in [0.05, 0.1) is 0 Å². The van der Waals surface area contributed by atoms with Gasteiger partial charge in [-0.3, -0.25) is 9.59 Å². The van der Waals surface area contributed by atoms with E-state index >= 15 is 0 Å². The molecule has 0 spiro atoms. The Morgan fingerprint density at radius 3 is 2.30 bits per heavy atom. The van der Waals surface area contributed by atoms with Gasteiger partial charge in [-0.1, -0.05) is 0 Å². The van der Waals surface area contributed by atoms with Crippen LogP contribution in [0.25, 0.3) is 0 Å². The van der Waals surface area contributed by atoms with Crippen molar-refractivity contribution >= 4 is 17.6 Å². The highest BCUT2D eigenvalue weighted by molar-refractivity contribution is 5.96. The molecule has 1 unspecified atom stereocenters. The molecule has 1 aromatic carbocycles. The number of nitrogens with one attached hydrogen (secondary N) is 1. The maximum Gasteiger partial charge on any atom is 0.325 e. The van der Waals surface area contributed by atoms with E-state index in [9.17, 15) is 9.59 Å². The smallest absolute Gasteiger partial charge is 0.325 e. The molecule has 20 heavy (non-hydrogen) atoms. The molecule has 2 N–H and O–H groups in total. The van der Waals surface area contributed by atoms with Gasteiger partial charge in [-0.05, 0) is 50.5 Å². The lowest BCUT2D eigenvalue weighted by Crippen LogP contribution is -2.38. The molecule has 0 radical (unpaired) electrons. The Morgan fingerprint density at radius 1 is 1.15 bits per heavy atom. The molecule has 1 saturated heterocycles. The lowest BCUT2D eigenvalue weighted by molar-refractivity contribution is -0.138. The van der Waals surface area contributed by atoms with Crippen molar-refractivity contribution in [3.8, 4) is 0 Å². The highest BCUT2D eigenvalue weighted by Crippen LogP contribution is 2.20. The predicted octanol–water partition coefficient (Wildman–Crippen LogP) is 1.88. The third-order valence-corrected chi connectivity index (χ3v) is 3.57. The normalized spacial score (nSPS) is 16.6. The van der Waals surface area contributed by atoms with E-state index in [-0.39, 0.29) is 5.91 Å². The van der Waals surface area contributed by atoms with E-state index in [0.717, 1.165) is 18.8 Å². The second-order valence-corrected chi connectivity index (χ2v) is 5.13. The summed E-state index contributed by atoms with van der Waals surface area (Å²) in [6.07, 6.45) is 3.70. The fraction of sp³-hybridized carbons (Fsp3) is 0.467. The Hall–Kier alpha value is -2.04. The summed E-state index contributed by atoms with van der Waals surface area (Å²) in [6.45, 7) is 3.56. The molecule has 5 heteroatoms. The standard InChI is InChI=1S/C15H20N2O3/c1-11(15(19)20)16-14(18)12-5-7-13(8-6-12)17-9-3-2-4-10-17/h5-8,11H,2-4,9-10H2,1H3,(H,16,18)(H,19,20). The van der Waals surface area contributed by atoms with Gasteiger partial charge in [0.1, 0.15) is 6.04 Å². The topological polar surface area (TPSA) is 69.6 Å². The Labute approximate surface area is 118 Å². The number of anilines is 1. The molecule has 1 fully saturated rings. The molecule has 0 saturated carbocycles. The molecule has 1 atom stereocenters. The second kappa shape index (κ2) is 6.41. The molecule has 1 aliphatic heterocycles. The average molecular weight is 276 g/mol. The third kappa shape index (κ3) is 3.50. The lowest BCUT2D eigenvalue weighted by Gasteiger charge is -2.28. The van der Waals surface area contributed by atoms with Crippen molar-refractivity contribution in [3.05, 3.63) is 29.8 Å². The average Bonchev–Trinajstić information content (AvgIpc) is 2.48. The number of aliphatic carboxylic acids is 1. The number of hydrogen-bond acceptors (Lipinski definition) is 3. The quantitative estimate of drug-likeness (QED) is 0.881. The predicted molar refractivity (Wildman–Crippen MR) is 77.1 cm³/mol. The van der Waals surface area contributed by atoms with Gasteiger partial charge in [-0.25, -0.2) is 0 Å². The van der Waals surface area contributed by atoms with Gasteiger partial charge in [0.2, 0.25) is 0 Å². The Kier molecular flexibility index (Phi) is 4.61. The van der Waals surface area contributed by atoms with E-state index < -0.39 is 12.0 Å². The fourth-order valence-corrected chi connectivity index (χ4v) is 2.32. The van der Waals surface area contributed by atoms with Crippen LogP contribution in [0, 0.1) is 0 Å². The van der Waals surface area contributed by atoms with Crippen LogP contribution in [0.2, 0.25) is 0 Å². The minimum atomic E-state index is -1.04. The zero-order chi connectivity index (χ0) is 14.5. The molecule has 0 bridgehead atoms. The molecule has 1 heterocycles. The highest BCUT2D eigenvalue weighted by Gasteiger charge is 2.16. The summed E-state index contributed by atoms with van der Waals surface area (Å²) in [5, 5.41) is 11.2. The van der Waals surface area contributed by atoms with Crippen LogP contribution in [0.3, 0.4) is 0 Å². The number of piperidine rings is 1. The van der Waals surface area contributed by atoms with Gasteiger partial charge in [0.25, 0.3) is 5.91 Å². The number of carboxylic acids is 1. The second-order valence-electron chi connectivity index (χ2n) is 5.13. The SMILES string of the molecule is CC(NC(=O)c1ccc(N2CCCCC2)cc1)C(=O)O. The van der Waals surface area contributed by atoms with Gasteiger partial charge in [0, 0.05) is 24.3 Å². The summed E-state index contributed by atoms with van der Waals surface area (Å²) in [7, 11) is 0. The van der Waals surface area contributed by atoms with E-state index in [4.69, 9.17) is 5.11 Å². The van der Waals surface area contributed by atoms with Crippen molar-refractivity contribution in [2.75, 3.05) is 18.0 Å². The van der Waals surface area contributed by atoms with Crippen molar-refractivity contribution < 1.29 is 14.7 Å². The maximum absolute atomic E-state index is 11.9. The van der Waals surface area contributed by atoms with E-state index in [1.165, 1.54) is 26.2 Å².